The smallest absolute Gasteiger partial charge is 0.320 e. The van der Waals surface area contributed by atoms with Gasteiger partial charge in [0.15, 0.2) is 0 Å². The van der Waals surface area contributed by atoms with Gasteiger partial charge in [-0.2, -0.15) is 0 Å². The first-order chi connectivity index (χ1) is 10.6. The van der Waals surface area contributed by atoms with E-state index in [-0.39, 0.29) is 11.9 Å². The highest BCUT2D eigenvalue weighted by Gasteiger charge is 2.53. The van der Waals surface area contributed by atoms with Crippen LogP contribution in [-0.2, 0) is 21.4 Å². The molecule has 3 rings (SSSR count). The van der Waals surface area contributed by atoms with Crippen LogP contribution in [0.1, 0.15) is 31.5 Å². The van der Waals surface area contributed by atoms with E-state index in [1.165, 1.54) is 12.7 Å². The lowest BCUT2D eigenvalue weighted by atomic mass is 9.58. The van der Waals surface area contributed by atoms with Gasteiger partial charge in [0.25, 0.3) is 0 Å². The predicted molar refractivity (Wildman–Crippen MR) is 83.8 cm³/mol. The van der Waals surface area contributed by atoms with Crippen molar-refractivity contribution in [2.24, 2.45) is 5.92 Å². The normalized spacial score (nSPS) is 27.9. The molecule has 22 heavy (non-hydrogen) atoms. The van der Waals surface area contributed by atoms with Crippen LogP contribution in [0, 0.1) is 5.92 Å². The van der Waals surface area contributed by atoms with Crippen molar-refractivity contribution in [3.63, 3.8) is 0 Å². The van der Waals surface area contributed by atoms with Gasteiger partial charge >= 0.3 is 5.97 Å². The lowest BCUT2D eigenvalue weighted by Gasteiger charge is -2.45. The van der Waals surface area contributed by atoms with E-state index in [4.69, 9.17) is 9.47 Å². The number of hydrogen-bond donors (Lipinski definition) is 0. The summed E-state index contributed by atoms with van der Waals surface area (Å²) >= 11 is 0. The highest BCUT2D eigenvalue weighted by atomic mass is 16.5. The summed E-state index contributed by atoms with van der Waals surface area (Å²) in [6.45, 7) is 4.08. The van der Waals surface area contributed by atoms with Gasteiger partial charge < -0.3 is 9.47 Å². The maximum atomic E-state index is 12.8. The molecule has 1 aromatic heterocycles. The first-order valence-electron chi connectivity index (χ1n) is 7.53. The van der Waals surface area contributed by atoms with E-state index in [1.807, 2.05) is 19.1 Å². The average molecular weight is 299 g/mol. The minimum Gasteiger partial charge on any atom is -0.481 e. The zero-order valence-corrected chi connectivity index (χ0v) is 13.5. The number of aromatic nitrogens is 1. The maximum absolute atomic E-state index is 12.8. The van der Waals surface area contributed by atoms with Gasteiger partial charge in [0.2, 0.25) is 5.88 Å². The standard InChI is InChI=1S/C18H21NO3/c1-5-13-12-8-11(2)10-18(13,17(20)22-4)14-6-7-16(21-3)19-15(14)9-12/h5-8,12H,9-10H2,1-4H3/b13-5-/t12-,18+/m0/s1. The van der Waals surface area contributed by atoms with Crippen molar-refractivity contribution >= 4 is 5.97 Å². The largest absolute Gasteiger partial charge is 0.481 e. The number of nitrogens with zero attached hydrogens (tertiary/aromatic N) is 1. The molecule has 1 aromatic rings. The van der Waals surface area contributed by atoms with Gasteiger partial charge in [-0.25, -0.2) is 4.98 Å². The number of ether oxygens (including phenoxy) is 2. The lowest BCUT2D eigenvalue weighted by Crippen LogP contribution is -2.47. The summed E-state index contributed by atoms with van der Waals surface area (Å²) in [4.78, 5) is 17.4. The molecular weight excluding hydrogens is 278 g/mol. The number of methoxy groups -OCH3 is 2. The molecule has 2 aliphatic rings. The van der Waals surface area contributed by atoms with Gasteiger partial charge in [0, 0.05) is 18.4 Å². The van der Waals surface area contributed by atoms with Crippen LogP contribution in [0.3, 0.4) is 0 Å². The predicted octanol–water partition coefficient (Wildman–Crippen LogP) is 2.97. The van der Waals surface area contributed by atoms with Crippen molar-refractivity contribution in [1.29, 1.82) is 0 Å². The molecule has 0 saturated carbocycles. The van der Waals surface area contributed by atoms with Crippen molar-refractivity contribution in [3.8, 4) is 5.88 Å². The average Bonchev–Trinajstić information content (AvgIpc) is 2.52. The summed E-state index contributed by atoms with van der Waals surface area (Å²) in [6, 6.07) is 3.79. The number of esters is 1. The van der Waals surface area contributed by atoms with Crippen LogP contribution in [-0.4, -0.2) is 25.2 Å². The van der Waals surface area contributed by atoms with Crippen LogP contribution < -0.4 is 4.74 Å². The summed E-state index contributed by atoms with van der Waals surface area (Å²) < 4.78 is 10.4. The zero-order valence-electron chi connectivity index (χ0n) is 13.5. The van der Waals surface area contributed by atoms with Crippen molar-refractivity contribution in [2.45, 2.75) is 32.1 Å². The number of rotatable bonds is 2. The van der Waals surface area contributed by atoms with Crippen LogP contribution >= 0.6 is 0 Å². The van der Waals surface area contributed by atoms with E-state index in [2.05, 4.69) is 24.1 Å². The van der Waals surface area contributed by atoms with E-state index < -0.39 is 5.41 Å². The molecule has 0 fully saturated rings. The molecule has 0 amide bonds. The SMILES string of the molecule is C/C=C1/[C@H]2C=C(C)C[C@]1(C(=O)OC)c1ccc(OC)nc1C2. The molecule has 0 aliphatic heterocycles. The van der Waals surface area contributed by atoms with Crippen molar-refractivity contribution in [2.75, 3.05) is 14.2 Å². The zero-order chi connectivity index (χ0) is 15.9. The molecule has 2 aliphatic carbocycles. The third kappa shape index (κ3) is 1.90. The molecule has 0 unspecified atom stereocenters. The fourth-order valence-corrected chi connectivity index (χ4v) is 4.03. The topological polar surface area (TPSA) is 48.4 Å². The van der Waals surface area contributed by atoms with Crippen LogP contribution in [0.25, 0.3) is 0 Å². The van der Waals surface area contributed by atoms with Gasteiger partial charge in [0.1, 0.15) is 5.41 Å². The van der Waals surface area contributed by atoms with E-state index in [1.54, 1.807) is 7.11 Å². The second-order valence-electron chi connectivity index (χ2n) is 5.99. The third-order valence-electron chi connectivity index (χ3n) is 4.80. The van der Waals surface area contributed by atoms with Crippen LogP contribution in [0.2, 0.25) is 0 Å². The highest BCUT2D eigenvalue weighted by Crippen LogP contribution is 2.52. The summed E-state index contributed by atoms with van der Waals surface area (Å²) in [7, 11) is 3.06. The molecule has 4 heteroatoms. The second kappa shape index (κ2) is 5.27. The van der Waals surface area contributed by atoms with Crippen molar-refractivity contribution in [1.82, 2.24) is 4.98 Å². The molecule has 0 spiro atoms. The molecule has 0 radical (unpaired) electrons. The van der Waals surface area contributed by atoms with Crippen molar-refractivity contribution in [3.05, 3.63) is 46.7 Å². The highest BCUT2D eigenvalue weighted by molar-refractivity contribution is 5.89. The Kier molecular flexibility index (Phi) is 3.55. The fourth-order valence-electron chi connectivity index (χ4n) is 4.03. The van der Waals surface area contributed by atoms with Crippen LogP contribution in [0.15, 0.2) is 35.4 Å². The van der Waals surface area contributed by atoms with E-state index >= 15 is 0 Å². The number of hydrogen-bond acceptors (Lipinski definition) is 4. The quantitative estimate of drug-likeness (QED) is 0.622. The Labute approximate surface area is 130 Å². The van der Waals surface area contributed by atoms with E-state index in [9.17, 15) is 4.79 Å². The first kappa shape index (κ1) is 14.8. The minimum absolute atomic E-state index is 0.199. The summed E-state index contributed by atoms with van der Waals surface area (Å²) in [5, 5.41) is 0. The summed E-state index contributed by atoms with van der Waals surface area (Å²) in [5.41, 5.74) is 3.51. The Balaban J connectivity index is 2.29. The minimum atomic E-state index is -0.736. The Morgan fingerprint density at radius 3 is 2.82 bits per heavy atom. The maximum Gasteiger partial charge on any atom is 0.320 e. The number of allylic oxidation sites excluding steroid dienone is 3. The van der Waals surface area contributed by atoms with Crippen LogP contribution in [0.4, 0.5) is 0 Å². The molecular formula is C18H21NO3. The third-order valence-corrected chi connectivity index (χ3v) is 4.80. The second-order valence-corrected chi connectivity index (χ2v) is 5.99. The molecule has 2 atom stereocenters. The molecule has 1 heterocycles. The molecule has 4 nitrogen and oxygen atoms in total. The first-order valence-corrected chi connectivity index (χ1v) is 7.53. The van der Waals surface area contributed by atoms with Crippen LogP contribution in [0.5, 0.6) is 5.88 Å². The van der Waals surface area contributed by atoms with Gasteiger partial charge in [-0.15, -0.1) is 0 Å². The van der Waals surface area contributed by atoms with E-state index in [0.717, 1.165) is 23.3 Å². The Morgan fingerprint density at radius 2 is 2.18 bits per heavy atom. The van der Waals surface area contributed by atoms with E-state index in [0.29, 0.717) is 12.3 Å². The number of pyridine rings is 1. The number of fused-ring (bicyclic) bond motifs is 4. The van der Waals surface area contributed by atoms with Crippen molar-refractivity contribution < 1.29 is 14.3 Å². The molecule has 0 N–H and O–H groups in total. The number of carbonyl (C=O) groups excluding carboxylic acids is 1. The van der Waals surface area contributed by atoms with Gasteiger partial charge in [-0.3, -0.25) is 4.79 Å². The fraction of sp³-hybridized carbons (Fsp3) is 0.444. The van der Waals surface area contributed by atoms with Gasteiger partial charge in [-0.1, -0.05) is 23.8 Å². The Hall–Kier alpha value is -2.10. The molecule has 0 saturated heterocycles. The van der Waals surface area contributed by atoms with Gasteiger partial charge in [-0.05, 0) is 31.4 Å². The Morgan fingerprint density at radius 1 is 1.41 bits per heavy atom. The Bertz CT molecular complexity index is 690. The number of carbonyl (C=O) groups is 1. The molecule has 116 valence electrons. The monoisotopic (exact) mass is 299 g/mol. The van der Waals surface area contributed by atoms with Gasteiger partial charge in [0.05, 0.1) is 19.9 Å². The molecule has 2 bridgehead atoms. The lowest BCUT2D eigenvalue weighted by molar-refractivity contribution is -0.146. The summed E-state index contributed by atoms with van der Waals surface area (Å²) in [6.07, 6.45) is 5.76. The molecule has 0 aromatic carbocycles. The summed E-state index contributed by atoms with van der Waals surface area (Å²) in [5.74, 6) is 0.581.